The molecule has 4 atom stereocenters. The van der Waals surface area contributed by atoms with E-state index in [4.69, 9.17) is 14.2 Å². The van der Waals surface area contributed by atoms with Crippen LogP contribution in [0.25, 0.3) is 6.08 Å². The van der Waals surface area contributed by atoms with Crippen molar-refractivity contribution < 1.29 is 33.4 Å². The summed E-state index contributed by atoms with van der Waals surface area (Å²) in [6, 6.07) is 15.4. The number of likely N-dealkylation sites (tertiary alicyclic amines) is 1. The molecule has 0 unspecified atom stereocenters. The van der Waals surface area contributed by atoms with E-state index in [1.54, 1.807) is 26.8 Å². The van der Waals surface area contributed by atoms with Gasteiger partial charge >= 0.3 is 18.0 Å². The summed E-state index contributed by atoms with van der Waals surface area (Å²) in [5.74, 6) is -1.87. The summed E-state index contributed by atoms with van der Waals surface area (Å²) in [6.45, 7) is 5.25. The number of benzene rings is 2. The predicted molar refractivity (Wildman–Crippen MR) is 139 cm³/mol. The highest BCUT2D eigenvalue weighted by Gasteiger charge is 2.58. The van der Waals surface area contributed by atoms with E-state index in [-0.39, 0.29) is 13.0 Å². The number of cyclic esters (lactones) is 1. The predicted octanol–water partition coefficient (Wildman–Crippen LogP) is 3.75. The molecule has 0 N–H and O–H groups in total. The largest absolute Gasteiger partial charge is 0.467 e. The van der Waals surface area contributed by atoms with Crippen LogP contribution in [-0.4, -0.2) is 71.2 Å². The average molecular weight is 521 g/mol. The number of hydrogen-bond donors (Lipinski definition) is 0. The highest BCUT2D eigenvalue weighted by Crippen LogP contribution is 2.39. The molecule has 2 saturated heterocycles. The topological polar surface area (TPSA) is 102 Å². The second-order valence-corrected chi connectivity index (χ2v) is 10.2. The van der Waals surface area contributed by atoms with Crippen LogP contribution in [0.2, 0.25) is 0 Å². The molecule has 200 valence electrons. The zero-order chi connectivity index (χ0) is 27.4. The molecule has 9 heteroatoms. The molecule has 0 aliphatic carbocycles. The highest BCUT2D eigenvalue weighted by atomic mass is 16.6. The molecule has 0 bridgehead atoms. The van der Waals surface area contributed by atoms with Crippen LogP contribution in [0.3, 0.4) is 0 Å². The Bertz CT molecular complexity index is 1210. The number of rotatable bonds is 8. The first kappa shape index (κ1) is 26.9. The van der Waals surface area contributed by atoms with Gasteiger partial charge in [-0.05, 0) is 31.9 Å². The first-order valence-corrected chi connectivity index (χ1v) is 12.5. The van der Waals surface area contributed by atoms with Crippen molar-refractivity contribution >= 4 is 30.0 Å². The SMILES string of the molecule is COC(=O)[C@H](CC(=O)OC(C)(C)C)N1C(=O)[C@@H](N2C(=O)OC[C@@H]2c2ccccc2)[C@H]1C=Cc1ccccc1. The zero-order valence-electron chi connectivity index (χ0n) is 21.9. The Morgan fingerprint density at radius 1 is 1.05 bits per heavy atom. The number of carbonyl (C=O) groups is 4. The van der Waals surface area contributed by atoms with Gasteiger partial charge in [-0.2, -0.15) is 0 Å². The van der Waals surface area contributed by atoms with Gasteiger partial charge in [-0.15, -0.1) is 0 Å². The molecule has 2 aliphatic heterocycles. The Labute approximate surface area is 221 Å². The van der Waals surface area contributed by atoms with Gasteiger partial charge in [-0.25, -0.2) is 9.59 Å². The van der Waals surface area contributed by atoms with E-state index in [0.717, 1.165) is 11.1 Å². The fourth-order valence-corrected chi connectivity index (χ4v) is 4.78. The molecule has 2 aliphatic rings. The maximum absolute atomic E-state index is 13.7. The first-order chi connectivity index (χ1) is 18.1. The van der Waals surface area contributed by atoms with Crippen LogP contribution in [0.5, 0.6) is 0 Å². The summed E-state index contributed by atoms with van der Waals surface area (Å²) in [7, 11) is 1.20. The molecule has 2 aromatic carbocycles. The zero-order valence-corrected chi connectivity index (χ0v) is 21.9. The molecule has 0 aromatic heterocycles. The van der Waals surface area contributed by atoms with Crippen molar-refractivity contribution in [2.45, 2.75) is 57.0 Å². The van der Waals surface area contributed by atoms with Crippen LogP contribution >= 0.6 is 0 Å². The second kappa shape index (κ2) is 11.1. The third kappa shape index (κ3) is 5.72. The third-order valence-electron chi connectivity index (χ3n) is 6.42. The van der Waals surface area contributed by atoms with Crippen molar-refractivity contribution in [2.24, 2.45) is 0 Å². The van der Waals surface area contributed by atoms with E-state index < -0.39 is 53.7 Å². The van der Waals surface area contributed by atoms with Gasteiger partial charge in [-0.3, -0.25) is 14.5 Å². The molecule has 38 heavy (non-hydrogen) atoms. The van der Waals surface area contributed by atoms with Gasteiger partial charge in [0.25, 0.3) is 0 Å². The lowest BCUT2D eigenvalue weighted by Gasteiger charge is -2.51. The molecule has 4 rings (SSSR count). The smallest absolute Gasteiger partial charge is 0.411 e. The van der Waals surface area contributed by atoms with Crippen molar-refractivity contribution in [3.63, 3.8) is 0 Å². The van der Waals surface area contributed by atoms with Gasteiger partial charge in [0.15, 0.2) is 0 Å². The number of hydrogen-bond acceptors (Lipinski definition) is 7. The Kier molecular flexibility index (Phi) is 7.85. The number of ether oxygens (including phenoxy) is 3. The maximum atomic E-state index is 13.7. The van der Waals surface area contributed by atoms with Crippen LogP contribution < -0.4 is 0 Å². The van der Waals surface area contributed by atoms with Crippen molar-refractivity contribution in [1.82, 2.24) is 9.80 Å². The standard InChI is InChI=1S/C29H32N2O7/c1-29(2,3)38-24(32)17-22(27(34)36-4)30-21(16-15-19-11-7-5-8-12-19)25(26(30)33)31-23(18-37-28(31)35)20-13-9-6-10-14-20/h5-16,21-23,25H,17-18H2,1-4H3/t21-,22+,23-,25+/m1/s1. The van der Waals surface area contributed by atoms with Crippen molar-refractivity contribution in [3.8, 4) is 0 Å². The van der Waals surface area contributed by atoms with E-state index >= 15 is 0 Å². The molecule has 9 nitrogen and oxygen atoms in total. The van der Waals surface area contributed by atoms with E-state index in [1.165, 1.54) is 16.9 Å². The van der Waals surface area contributed by atoms with Crippen molar-refractivity contribution in [3.05, 3.63) is 77.9 Å². The summed E-state index contributed by atoms with van der Waals surface area (Å²) >= 11 is 0. The molecular formula is C29H32N2O7. The monoisotopic (exact) mass is 520 g/mol. The van der Waals surface area contributed by atoms with Crippen LogP contribution in [0.1, 0.15) is 44.4 Å². The highest BCUT2D eigenvalue weighted by molar-refractivity contribution is 5.98. The van der Waals surface area contributed by atoms with E-state index in [9.17, 15) is 19.2 Å². The number of β-lactam (4-membered cyclic amide) rings is 1. The van der Waals surface area contributed by atoms with Gasteiger partial charge in [0.1, 0.15) is 24.3 Å². The number of esters is 2. The summed E-state index contributed by atoms with van der Waals surface area (Å²) in [5, 5.41) is 0. The fraction of sp³-hybridized carbons (Fsp3) is 0.379. The van der Waals surface area contributed by atoms with Crippen LogP contribution in [0, 0.1) is 0 Å². The molecule has 0 spiro atoms. The third-order valence-corrected chi connectivity index (χ3v) is 6.42. The van der Waals surface area contributed by atoms with Crippen molar-refractivity contribution in [1.29, 1.82) is 0 Å². The summed E-state index contributed by atoms with van der Waals surface area (Å²) in [5.41, 5.74) is 0.929. The molecule has 0 saturated carbocycles. The van der Waals surface area contributed by atoms with Gasteiger partial charge < -0.3 is 19.1 Å². The Hall–Kier alpha value is -4.14. The Morgan fingerprint density at radius 3 is 2.29 bits per heavy atom. The quantitative estimate of drug-likeness (QED) is 0.297. The Morgan fingerprint density at radius 2 is 1.68 bits per heavy atom. The molecule has 2 aromatic rings. The second-order valence-electron chi connectivity index (χ2n) is 10.2. The number of nitrogens with zero attached hydrogens (tertiary/aromatic N) is 2. The van der Waals surface area contributed by atoms with Gasteiger partial charge in [0, 0.05) is 0 Å². The normalized spacial score (nSPS) is 22.2. The minimum Gasteiger partial charge on any atom is -0.467 e. The minimum atomic E-state index is -1.22. The lowest BCUT2D eigenvalue weighted by molar-refractivity contribution is -0.174. The molecule has 2 fully saturated rings. The number of amides is 2. The van der Waals surface area contributed by atoms with Crippen LogP contribution in [-0.2, 0) is 28.6 Å². The summed E-state index contributed by atoms with van der Waals surface area (Å²) in [6.07, 6.45) is 2.58. The van der Waals surface area contributed by atoms with Crippen LogP contribution in [0.4, 0.5) is 4.79 Å². The molecule has 2 heterocycles. The van der Waals surface area contributed by atoms with Gasteiger partial charge in [0.2, 0.25) is 5.91 Å². The van der Waals surface area contributed by atoms with Crippen LogP contribution in [0.15, 0.2) is 66.7 Å². The first-order valence-electron chi connectivity index (χ1n) is 12.5. The minimum absolute atomic E-state index is 0.0973. The summed E-state index contributed by atoms with van der Waals surface area (Å²) < 4.78 is 15.7. The maximum Gasteiger partial charge on any atom is 0.411 e. The molecular weight excluding hydrogens is 488 g/mol. The van der Waals surface area contributed by atoms with E-state index in [0.29, 0.717) is 0 Å². The lowest BCUT2D eigenvalue weighted by Crippen LogP contribution is -2.73. The van der Waals surface area contributed by atoms with Gasteiger partial charge in [-0.1, -0.05) is 72.8 Å². The summed E-state index contributed by atoms with van der Waals surface area (Å²) in [4.78, 5) is 54.9. The molecule has 0 radical (unpaired) electrons. The lowest BCUT2D eigenvalue weighted by atomic mass is 9.87. The van der Waals surface area contributed by atoms with E-state index in [1.807, 2.05) is 66.7 Å². The van der Waals surface area contributed by atoms with E-state index in [2.05, 4.69) is 0 Å². The van der Waals surface area contributed by atoms with Crippen molar-refractivity contribution in [2.75, 3.05) is 13.7 Å². The molecule has 2 amide bonds. The fourth-order valence-electron chi connectivity index (χ4n) is 4.78. The average Bonchev–Trinajstić information content (AvgIpc) is 3.25. The number of carbonyl (C=O) groups excluding carboxylic acids is 4. The Balaban J connectivity index is 1.69. The number of methoxy groups -OCH3 is 1. The van der Waals surface area contributed by atoms with Gasteiger partial charge in [0.05, 0.1) is 25.6 Å².